The fraction of sp³-hybridized carbons (Fsp3) is 0.538. The minimum atomic E-state index is -0.273. The highest BCUT2D eigenvalue weighted by atomic mass is 19.1. The summed E-state index contributed by atoms with van der Waals surface area (Å²) >= 11 is 0. The van der Waals surface area contributed by atoms with Gasteiger partial charge in [0.1, 0.15) is 24.3 Å². The smallest absolute Gasteiger partial charge is 0.123 e. The van der Waals surface area contributed by atoms with Crippen LogP contribution < -0.4 is 4.74 Å². The fourth-order valence-corrected chi connectivity index (χ4v) is 1.95. The molecule has 100 valence electrons. The van der Waals surface area contributed by atoms with E-state index in [0.29, 0.717) is 25.5 Å². The van der Waals surface area contributed by atoms with E-state index in [4.69, 9.17) is 14.6 Å². The second kappa shape index (κ2) is 6.68. The first-order valence-electron chi connectivity index (χ1n) is 6.11. The predicted molar refractivity (Wildman–Crippen MR) is 65.2 cm³/mol. The quantitative estimate of drug-likeness (QED) is 0.848. The molecule has 18 heavy (non-hydrogen) atoms. The zero-order chi connectivity index (χ0) is 12.8. The minimum absolute atomic E-state index is 0.00430. The second-order valence-electron chi connectivity index (χ2n) is 4.28. The first-order valence-corrected chi connectivity index (χ1v) is 6.11. The first kappa shape index (κ1) is 13.3. The number of morpholine rings is 1. The normalized spacial score (nSPS) is 20.9. The summed E-state index contributed by atoms with van der Waals surface area (Å²) in [6.07, 6.45) is -0.00430. The van der Waals surface area contributed by atoms with E-state index in [1.807, 2.05) is 0 Å². The third-order valence-electron chi connectivity index (χ3n) is 2.89. The number of rotatable bonds is 5. The molecule has 1 aromatic carbocycles. The van der Waals surface area contributed by atoms with Crippen LogP contribution in [0, 0.1) is 5.82 Å². The number of hydrogen-bond acceptors (Lipinski definition) is 4. The number of β-amino-alcohol motifs (C(OH)–C–C–N with tert-alkyl or cyclic N) is 1. The van der Waals surface area contributed by atoms with Crippen LogP contribution >= 0.6 is 0 Å². The van der Waals surface area contributed by atoms with Gasteiger partial charge in [0.15, 0.2) is 0 Å². The third kappa shape index (κ3) is 3.94. The van der Waals surface area contributed by atoms with Crippen molar-refractivity contribution in [2.45, 2.75) is 6.10 Å². The Morgan fingerprint density at radius 1 is 1.39 bits per heavy atom. The molecule has 5 heteroatoms. The van der Waals surface area contributed by atoms with Gasteiger partial charge in [-0.2, -0.15) is 0 Å². The summed E-state index contributed by atoms with van der Waals surface area (Å²) in [5.41, 5.74) is 0. The molecule has 1 heterocycles. The van der Waals surface area contributed by atoms with Crippen LogP contribution in [0.2, 0.25) is 0 Å². The molecule has 0 radical (unpaired) electrons. The van der Waals surface area contributed by atoms with Gasteiger partial charge in [-0.3, -0.25) is 4.90 Å². The Morgan fingerprint density at radius 2 is 2.17 bits per heavy atom. The maximum Gasteiger partial charge on any atom is 0.123 e. The van der Waals surface area contributed by atoms with Gasteiger partial charge in [-0.1, -0.05) is 0 Å². The van der Waals surface area contributed by atoms with Crippen molar-refractivity contribution in [2.75, 3.05) is 39.5 Å². The second-order valence-corrected chi connectivity index (χ2v) is 4.28. The summed E-state index contributed by atoms with van der Waals surface area (Å²) in [7, 11) is 0. The van der Waals surface area contributed by atoms with Crippen molar-refractivity contribution in [3.8, 4) is 5.75 Å². The minimum Gasteiger partial charge on any atom is -0.491 e. The topological polar surface area (TPSA) is 41.9 Å². The number of nitrogens with zero attached hydrogens (tertiary/aromatic N) is 1. The summed E-state index contributed by atoms with van der Waals surface area (Å²) < 4.78 is 23.8. The van der Waals surface area contributed by atoms with Crippen molar-refractivity contribution in [3.63, 3.8) is 0 Å². The maximum atomic E-state index is 12.7. The number of hydrogen-bond donors (Lipinski definition) is 1. The highest BCUT2D eigenvalue weighted by molar-refractivity contribution is 5.22. The number of benzene rings is 1. The molecule has 1 fully saturated rings. The van der Waals surface area contributed by atoms with E-state index in [2.05, 4.69) is 4.90 Å². The predicted octanol–water partition coefficient (Wildman–Crippen LogP) is 0.898. The van der Waals surface area contributed by atoms with Crippen molar-refractivity contribution in [3.05, 3.63) is 30.1 Å². The van der Waals surface area contributed by atoms with Crippen LogP contribution in [0.1, 0.15) is 0 Å². The van der Waals surface area contributed by atoms with Gasteiger partial charge in [0, 0.05) is 19.6 Å². The Kier molecular flexibility index (Phi) is 4.92. The monoisotopic (exact) mass is 255 g/mol. The van der Waals surface area contributed by atoms with Gasteiger partial charge in [-0.25, -0.2) is 4.39 Å². The summed E-state index contributed by atoms with van der Waals surface area (Å²) in [6, 6.07) is 5.94. The summed E-state index contributed by atoms with van der Waals surface area (Å²) in [5.74, 6) is 0.365. The molecule has 0 amide bonds. The highest BCUT2D eigenvalue weighted by Crippen LogP contribution is 2.13. The van der Waals surface area contributed by atoms with Crippen molar-refractivity contribution < 1.29 is 19.0 Å². The molecule has 4 nitrogen and oxygen atoms in total. The molecule has 2 rings (SSSR count). The van der Waals surface area contributed by atoms with Gasteiger partial charge < -0.3 is 14.6 Å². The molecule has 0 bridgehead atoms. The Morgan fingerprint density at radius 3 is 2.89 bits per heavy atom. The lowest BCUT2D eigenvalue weighted by Crippen LogP contribution is -2.45. The molecule has 0 spiro atoms. The van der Waals surface area contributed by atoms with Crippen LogP contribution in [0.4, 0.5) is 4.39 Å². The average Bonchev–Trinajstić information content (AvgIpc) is 2.39. The molecular weight excluding hydrogens is 237 g/mol. The van der Waals surface area contributed by atoms with Crippen LogP contribution in [0.15, 0.2) is 24.3 Å². The molecule has 1 saturated heterocycles. The van der Waals surface area contributed by atoms with Crippen molar-refractivity contribution in [1.82, 2.24) is 4.90 Å². The zero-order valence-corrected chi connectivity index (χ0v) is 10.2. The number of aliphatic hydroxyl groups is 1. The van der Waals surface area contributed by atoms with Crippen molar-refractivity contribution in [1.29, 1.82) is 0 Å². The molecule has 1 unspecified atom stereocenters. The fourth-order valence-electron chi connectivity index (χ4n) is 1.95. The maximum absolute atomic E-state index is 12.7. The van der Waals surface area contributed by atoms with E-state index in [-0.39, 0.29) is 18.5 Å². The third-order valence-corrected chi connectivity index (χ3v) is 2.89. The van der Waals surface area contributed by atoms with Crippen LogP contribution in [0.25, 0.3) is 0 Å². The zero-order valence-electron chi connectivity index (χ0n) is 10.2. The average molecular weight is 255 g/mol. The molecule has 0 aromatic heterocycles. The molecule has 1 aromatic rings. The van der Waals surface area contributed by atoms with Crippen molar-refractivity contribution >= 4 is 0 Å². The van der Waals surface area contributed by atoms with Crippen LogP contribution in [-0.4, -0.2) is 55.6 Å². The molecular formula is C13H18FNO3. The standard InChI is InChI=1S/C13H18FNO3/c14-11-1-3-12(4-2-11)18-10-13-9-15(5-7-16)6-8-17-13/h1-4,13,16H,5-10H2. The summed E-state index contributed by atoms with van der Waals surface area (Å²) in [5, 5.41) is 8.89. The Bertz CT molecular complexity index is 356. The number of aliphatic hydroxyl groups excluding tert-OH is 1. The van der Waals surface area contributed by atoms with Gasteiger partial charge >= 0.3 is 0 Å². The molecule has 1 aliphatic rings. The Labute approximate surface area is 106 Å². The van der Waals surface area contributed by atoms with Crippen LogP contribution in [0.5, 0.6) is 5.75 Å². The van der Waals surface area contributed by atoms with Gasteiger partial charge in [0.2, 0.25) is 0 Å². The lowest BCUT2D eigenvalue weighted by atomic mass is 10.3. The molecule has 1 N–H and O–H groups in total. The van der Waals surface area contributed by atoms with Gasteiger partial charge in [0.05, 0.1) is 13.2 Å². The van der Waals surface area contributed by atoms with Crippen molar-refractivity contribution in [2.24, 2.45) is 0 Å². The SMILES string of the molecule is OCCN1CCOC(COc2ccc(F)cc2)C1. The highest BCUT2D eigenvalue weighted by Gasteiger charge is 2.20. The van der Waals surface area contributed by atoms with E-state index in [1.54, 1.807) is 12.1 Å². The van der Waals surface area contributed by atoms with Crippen LogP contribution in [0.3, 0.4) is 0 Å². The molecule has 1 aliphatic heterocycles. The van der Waals surface area contributed by atoms with E-state index >= 15 is 0 Å². The summed E-state index contributed by atoms with van der Waals surface area (Å²) in [6.45, 7) is 3.50. The Hall–Kier alpha value is -1.17. The van der Waals surface area contributed by atoms with Crippen LogP contribution in [-0.2, 0) is 4.74 Å². The van der Waals surface area contributed by atoms with Gasteiger partial charge in [-0.15, -0.1) is 0 Å². The van der Waals surface area contributed by atoms with Gasteiger partial charge in [-0.05, 0) is 24.3 Å². The molecule has 1 atom stereocenters. The van der Waals surface area contributed by atoms with E-state index < -0.39 is 0 Å². The van der Waals surface area contributed by atoms with Gasteiger partial charge in [0.25, 0.3) is 0 Å². The summed E-state index contributed by atoms with van der Waals surface area (Å²) in [4.78, 5) is 2.14. The molecule has 0 saturated carbocycles. The van der Waals surface area contributed by atoms with E-state index in [0.717, 1.165) is 13.1 Å². The lowest BCUT2D eigenvalue weighted by Gasteiger charge is -2.32. The van der Waals surface area contributed by atoms with E-state index in [9.17, 15) is 4.39 Å². The molecule has 0 aliphatic carbocycles. The lowest BCUT2D eigenvalue weighted by molar-refractivity contribution is -0.0508. The number of halogens is 1. The first-order chi connectivity index (χ1) is 8.78. The largest absolute Gasteiger partial charge is 0.491 e. The Balaban J connectivity index is 1.77. The number of ether oxygens (including phenoxy) is 2. The van der Waals surface area contributed by atoms with E-state index in [1.165, 1.54) is 12.1 Å².